The zero-order valence-corrected chi connectivity index (χ0v) is 10.4. The van der Waals surface area contributed by atoms with Gasteiger partial charge in [0.15, 0.2) is 0 Å². The highest BCUT2D eigenvalue weighted by atomic mass is 32.2. The molecule has 0 saturated carbocycles. The number of nitrogens with one attached hydrogen (secondary N) is 1. The third-order valence-electron chi connectivity index (χ3n) is 2.15. The Morgan fingerprint density at radius 3 is 2.31 bits per heavy atom. The summed E-state index contributed by atoms with van der Waals surface area (Å²) < 4.78 is 24.4. The minimum atomic E-state index is -3.19. The van der Waals surface area contributed by atoms with Gasteiger partial charge in [-0.2, -0.15) is 0 Å². The number of aryl methyl sites for hydroxylation is 1. The first kappa shape index (κ1) is 13.0. The van der Waals surface area contributed by atoms with Crippen molar-refractivity contribution >= 4 is 15.7 Å². The molecule has 1 rings (SSSR count). The van der Waals surface area contributed by atoms with E-state index in [2.05, 4.69) is 4.72 Å². The third kappa shape index (κ3) is 5.14. The number of hydrogen-bond acceptors (Lipinski definition) is 3. The maximum absolute atomic E-state index is 11.0. The Hall–Kier alpha value is -1.07. The van der Waals surface area contributed by atoms with Gasteiger partial charge in [0.25, 0.3) is 0 Å². The predicted molar refractivity (Wildman–Crippen MR) is 66.9 cm³/mol. The molecule has 0 fully saturated rings. The number of rotatable bonds is 5. The summed E-state index contributed by atoms with van der Waals surface area (Å²) in [6.07, 6.45) is 2.98. The average Bonchev–Trinajstić information content (AvgIpc) is 2.14. The van der Waals surface area contributed by atoms with E-state index in [1.54, 1.807) is 12.1 Å². The monoisotopic (exact) mass is 242 g/mol. The molecule has 1 atom stereocenters. The van der Waals surface area contributed by atoms with E-state index < -0.39 is 10.0 Å². The van der Waals surface area contributed by atoms with Crippen LogP contribution in [0.3, 0.4) is 0 Å². The molecule has 0 aliphatic heterocycles. The number of anilines is 1. The second-order valence-corrected chi connectivity index (χ2v) is 5.84. The summed E-state index contributed by atoms with van der Waals surface area (Å²) in [7, 11) is -3.19. The normalized spacial score (nSPS) is 13.4. The van der Waals surface area contributed by atoms with Crippen LogP contribution in [0.2, 0.25) is 0 Å². The van der Waals surface area contributed by atoms with Crippen molar-refractivity contribution < 1.29 is 8.42 Å². The van der Waals surface area contributed by atoms with Crippen molar-refractivity contribution in [3.63, 3.8) is 0 Å². The van der Waals surface area contributed by atoms with Gasteiger partial charge >= 0.3 is 0 Å². The van der Waals surface area contributed by atoms with Crippen molar-refractivity contribution in [3.05, 3.63) is 29.8 Å². The minimum Gasteiger partial charge on any atom is -0.328 e. The maximum atomic E-state index is 11.0. The molecule has 90 valence electrons. The molecule has 3 N–H and O–H groups in total. The Morgan fingerprint density at radius 1 is 1.31 bits per heavy atom. The predicted octanol–water partition coefficient (Wildman–Crippen LogP) is 1.34. The van der Waals surface area contributed by atoms with Crippen LogP contribution in [0.1, 0.15) is 18.9 Å². The summed E-state index contributed by atoms with van der Waals surface area (Å²) in [6, 6.07) is 7.54. The lowest BCUT2D eigenvalue weighted by Gasteiger charge is -2.07. The van der Waals surface area contributed by atoms with Gasteiger partial charge in [0, 0.05) is 11.7 Å². The third-order valence-corrected chi connectivity index (χ3v) is 2.75. The molecule has 1 aromatic rings. The number of nitrogens with two attached hydrogens (primary N) is 1. The summed E-state index contributed by atoms with van der Waals surface area (Å²) in [6.45, 7) is 1.97. The SMILES string of the molecule is CC(N)CCc1ccc(NS(C)(=O)=O)cc1. The molecular formula is C11H18N2O2S. The van der Waals surface area contributed by atoms with Gasteiger partial charge in [-0.15, -0.1) is 0 Å². The van der Waals surface area contributed by atoms with Gasteiger partial charge < -0.3 is 5.73 Å². The summed E-state index contributed by atoms with van der Waals surface area (Å²) in [5, 5.41) is 0. The number of sulfonamides is 1. The molecule has 4 nitrogen and oxygen atoms in total. The van der Waals surface area contributed by atoms with Crippen LogP contribution in [-0.4, -0.2) is 20.7 Å². The van der Waals surface area contributed by atoms with Crippen LogP contribution in [0, 0.1) is 0 Å². The topological polar surface area (TPSA) is 72.2 Å². The first-order chi connectivity index (χ1) is 7.37. The highest BCUT2D eigenvalue weighted by Crippen LogP contribution is 2.12. The lowest BCUT2D eigenvalue weighted by molar-refractivity contribution is 0.607. The lowest BCUT2D eigenvalue weighted by atomic mass is 10.1. The molecule has 0 bridgehead atoms. The van der Waals surface area contributed by atoms with Crippen LogP contribution in [0.15, 0.2) is 24.3 Å². The average molecular weight is 242 g/mol. The van der Waals surface area contributed by atoms with E-state index in [9.17, 15) is 8.42 Å². The van der Waals surface area contributed by atoms with Gasteiger partial charge in [-0.1, -0.05) is 12.1 Å². The van der Waals surface area contributed by atoms with E-state index in [1.165, 1.54) is 0 Å². The van der Waals surface area contributed by atoms with Gasteiger partial charge in [-0.05, 0) is 37.5 Å². The summed E-state index contributed by atoms with van der Waals surface area (Å²) >= 11 is 0. The molecule has 0 heterocycles. The van der Waals surface area contributed by atoms with Crippen LogP contribution >= 0.6 is 0 Å². The second kappa shape index (κ2) is 5.32. The van der Waals surface area contributed by atoms with Crippen molar-refractivity contribution in [1.82, 2.24) is 0 Å². The zero-order valence-electron chi connectivity index (χ0n) is 9.60. The first-order valence-corrected chi connectivity index (χ1v) is 7.08. The summed E-state index contributed by atoms with van der Waals surface area (Å²) in [5.74, 6) is 0. The largest absolute Gasteiger partial charge is 0.328 e. The van der Waals surface area contributed by atoms with Crippen LogP contribution < -0.4 is 10.5 Å². The van der Waals surface area contributed by atoms with E-state index in [4.69, 9.17) is 5.73 Å². The van der Waals surface area contributed by atoms with Gasteiger partial charge in [-0.3, -0.25) is 4.72 Å². The van der Waals surface area contributed by atoms with E-state index in [0.29, 0.717) is 5.69 Å². The summed E-state index contributed by atoms with van der Waals surface area (Å²) in [5.41, 5.74) is 7.41. The van der Waals surface area contributed by atoms with Crippen molar-refractivity contribution in [2.45, 2.75) is 25.8 Å². The number of benzene rings is 1. The molecule has 0 spiro atoms. The summed E-state index contributed by atoms with van der Waals surface area (Å²) in [4.78, 5) is 0. The van der Waals surface area contributed by atoms with E-state index >= 15 is 0 Å². The molecule has 1 aromatic carbocycles. The molecule has 5 heteroatoms. The fourth-order valence-electron chi connectivity index (χ4n) is 1.35. The Labute approximate surface area is 96.9 Å². The van der Waals surface area contributed by atoms with Crippen molar-refractivity contribution in [1.29, 1.82) is 0 Å². The molecular weight excluding hydrogens is 224 g/mol. The second-order valence-electron chi connectivity index (χ2n) is 4.09. The molecule has 0 radical (unpaired) electrons. The molecule has 0 amide bonds. The van der Waals surface area contributed by atoms with Crippen LogP contribution in [0.4, 0.5) is 5.69 Å². The highest BCUT2D eigenvalue weighted by Gasteiger charge is 2.02. The van der Waals surface area contributed by atoms with Gasteiger partial charge in [0.2, 0.25) is 10.0 Å². The molecule has 0 saturated heterocycles. The quantitative estimate of drug-likeness (QED) is 0.818. The Balaban J connectivity index is 2.61. The van der Waals surface area contributed by atoms with Crippen molar-refractivity contribution in [2.75, 3.05) is 11.0 Å². The smallest absolute Gasteiger partial charge is 0.229 e. The van der Waals surface area contributed by atoms with Gasteiger partial charge in [0.1, 0.15) is 0 Å². The number of hydrogen-bond donors (Lipinski definition) is 2. The van der Waals surface area contributed by atoms with Gasteiger partial charge in [-0.25, -0.2) is 8.42 Å². The van der Waals surface area contributed by atoms with Gasteiger partial charge in [0.05, 0.1) is 6.26 Å². The van der Waals surface area contributed by atoms with Crippen LogP contribution in [0.5, 0.6) is 0 Å². The fraction of sp³-hybridized carbons (Fsp3) is 0.455. The standard InChI is InChI=1S/C11H18N2O2S/c1-9(12)3-4-10-5-7-11(8-6-10)13-16(2,14)15/h5-9,13H,3-4,12H2,1-2H3. The van der Waals surface area contributed by atoms with Crippen LogP contribution in [0.25, 0.3) is 0 Å². The first-order valence-electron chi connectivity index (χ1n) is 5.19. The van der Waals surface area contributed by atoms with Crippen LogP contribution in [-0.2, 0) is 16.4 Å². The molecule has 0 aromatic heterocycles. The maximum Gasteiger partial charge on any atom is 0.229 e. The van der Waals surface area contributed by atoms with Crippen molar-refractivity contribution in [3.8, 4) is 0 Å². The Bertz CT molecular complexity index is 424. The van der Waals surface area contributed by atoms with E-state index in [1.807, 2.05) is 19.1 Å². The zero-order chi connectivity index (χ0) is 12.2. The fourth-order valence-corrected chi connectivity index (χ4v) is 1.91. The molecule has 0 aliphatic carbocycles. The molecule has 0 aliphatic rings. The highest BCUT2D eigenvalue weighted by molar-refractivity contribution is 7.92. The Kier molecular flexibility index (Phi) is 4.32. The minimum absolute atomic E-state index is 0.189. The lowest BCUT2D eigenvalue weighted by Crippen LogP contribution is -2.15. The molecule has 16 heavy (non-hydrogen) atoms. The van der Waals surface area contributed by atoms with E-state index in [0.717, 1.165) is 24.7 Å². The van der Waals surface area contributed by atoms with Crippen molar-refractivity contribution in [2.24, 2.45) is 5.73 Å². The van der Waals surface area contributed by atoms with E-state index in [-0.39, 0.29) is 6.04 Å². The Morgan fingerprint density at radius 2 is 1.88 bits per heavy atom. The molecule has 1 unspecified atom stereocenters.